The van der Waals surface area contributed by atoms with Gasteiger partial charge >= 0.3 is 5.97 Å². The van der Waals surface area contributed by atoms with Crippen LogP contribution in [0.15, 0.2) is 24.3 Å². The number of unbranched alkanes of at least 4 members (excludes halogenated alkanes) is 3. The maximum Gasteiger partial charge on any atom is 0.303 e. The van der Waals surface area contributed by atoms with Crippen LogP contribution < -0.4 is 0 Å². The summed E-state index contributed by atoms with van der Waals surface area (Å²) in [4.78, 5) is 10.5. The van der Waals surface area contributed by atoms with Crippen LogP contribution in [-0.2, 0) is 4.79 Å². The van der Waals surface area contributed by atoms with Crippen LogP contribution in [-0.4, -0.2) is 44.2 Å². The van der Waals surface area contributed by atoms with Crippen LogP contribution >= 0.6 is 0 Å². The topological polar surface area (TPSA) is 98.0 Å². The quantitative estimate of drug-likeness (QED) is 0.312. The Labute approximate surface area is 157 Å². The van der Waals surface area contributed by atoms with Gasteiger partial charge in [0.2, 0.25) is 0 Å². The first-order valence-corrected chi connectivity index (χ1v) is 9.91. The van der Waals surface area contributed by atoms with Crippen molar-refractivity contribution in [2.24, 2.45) is 11.8 Å². The van der Waals surface area contributed by atoms with Gasteiger partial charge in [0.1, 0.15) is 0 Å². The maximum absolute atomic E-state index is 10.5. The fraction of sp³-hybridized carbons (Fsp3) is 0.762. The van der Waals surface area contributed by atoms with Crippen LogP contribution in [0, 0.1) is 11.8 Å². The molecule has 0 heterocycles. The third-order valence-corrected chi connectivity index (χ3v) is 5.22. The molecule has 0 saturated heterocycles. The lowest BCUT2D eigenvalue weighted by atomic mass is 9.88. The number of aliphatic hydroxyl groups is 3. The minimum Gasteiger partial charge on any atom is -0.481 e. The Hall–Kier alpha value is -1.17. The van der Waals surface area contributed by atoms with E-state index in [-0.39, 0.29) is 18.3 Å². The van der Waals surface area contributed by atoms with Crippen molar-refractivity contribution < 1.29 is 25.2 Å². The van der Waals surface area contributed by atoms with Crippen LogP contribution in [0.2, 0.25) is 0 Å². The van der Waals surface area contributed by atoms with E-state index in [1.165, 1.54) is 0 Å². The largest absolute Gasteiger partial charge is 0.481 e. The van der Waals surface area contributed by atoms with Gasteiger partial charge in [0.15, 0.2) is 0 Å². The predicted molar refractivity (Wildman–Crippen MR) is 103 cm³/mol. The molecule has 0 aromatic carbocycles. The Bertz CT molecular complexity index is 469. The number of hydrogen-bond donors (Lipinski definition) is 4. The molecule has 1 aliphatic rings. The molecule has 4 N–H and O–H groups in total. The van der Waals surface area contributed by atoms with Crippen molar-refractivity contribution >= 4 is 5.97 Å². The molecule has 0 bridgehead atoms. The number of hydrogen-bond acceptors (Lipinski definition) is 4. The van der Waals surface area contributed by atoms with E-state index in [4.69, 9.17) is 5.11 Å². The van der Waals surface area contributed by atoms with E-state index in [0.717, 1.165) is 19.3 Å². The average molecular weight is 369 g/mol. The van der Waals surface area contributed by atoms with Crippen molar-refractivity contribution in [3.63, 3.8) is 0 Å². The fourth-order valence-electron chi connectivity index (χ4n) is 3.58. The SMILES string of the molecule is CCCCC[C@@](C)(O)/C=C/C1[C@H](O)C[C@H](O)[C@@H]1C/C=C\CCCC(=O)O. The van der Waals surface area contributed by atoms with E-state index in [1.54, 1.807) is 13.0 Å². The van der Waals surface area contributed by atoms with E-state index >= 15 is 0 Å². The summed E-state index contributed by atoms with van der Waals surface area (Å²) in [7, 11) is 0. The number of carbonyl (C=O) groups is 1. The molecule has 1 saturated carbocycles. The Balaban J connectivity index is 2.56. The van der Waals surface area contributed by atoms with Gasteiger partial charge in [0.25, 0.3) is 0 Å². The zero-order chi connectivity index (χ0) is 19.6. The average Bonchev–Trinajstić information content (AvgIpc) is 2.82. The second-order valence-electron chi connectivity index (χ2n) is 7.78. The van der Waals surface area contributed by atoms with Gasteiger partial charge in [0.05, 0.1) is 17.8 Å². The second-order valence-corrected chi connectivity index (χ2v) is 7.78. The van der Waals surface area contributed by atoms with Crippen molar-refractivity contribution in [2.45, 2.75) is 89.4 Å². The van der Waals surface area contributed by atoms with Crippen molar-refractivity contribution in [3.05, 3.63) is 24.3 Å². The van der Waals surface area contributed by atoms with Gasteiger partial charge < -0.3 is 20.4 Å². The molecule has 0 aromatic heterocycles. The van der Waals surface area contributed by atoms with Crippen LogP contribution in [0.1, 0.15) is 71.6 Å². The number of aliphatic carboxylic acids is 1. The zero-order valence-corrected chi connectivity index (χ0v) is 16.2. The van der Waals surface area contributed by atoms with Gasteiger partial charge in [-0.15, -0.1) is 0 Å². The van der Waals surface area contributed by atoms with E-state index in [2.05, 4.69) is 6.92 Å². The highest BCUT2D eigenvalue weighted by Crippen LogP contribution is 2.37. The molecule has 1 fully saturated rings. The first-order valence-electron chi connectivity index (χ1n) is 9.91. The highest BCUT2D eigenvalue weighted by Gasteiger charge is 2.39. The maximum atomic E-state index is 10.5. The molecule has 1 unspecified atom stereocenters. The van der Waals surface area contributed by atoms with Crippen molar-refractivity contribution in [2.75, 3.05) is 0 Å². The van der Waals surface area contributed by atoms with Gasteiger partial charge in [0, 0.05) is 18.8 Å². The van der Waals surface area contributed by atoms with Crippen LogP contribution in [0.4, 0.5) is 0 Å². The normalized spacial score (nSPS) is 28.8. The molecule has 0 aliphatic heterocycles. The van der Waals surface area contributed by atoms with Crippen LogP contribution in [0.25, 0.3) is 0 Å². The highest BCUT2D eigenvalue weighted by atomic mass is 16.4. The number of carboxylic acid groups (broad SMARTS) is 1. The molecular weight excluding hydrogens is 332 g/mol. The summed E-state index contributed by atoms with van der Waals surface area (Å²) in [6.45, 7) is 3.91. The smallest absolute Gasteiger partial charge is 0.303 e. The van der Waals surface area contributed by atoms with Crippen molar-refractivity contribution in [1.82, 2.24) is 0 Å². The van der Waals surface area contributed by atoms with Crippen LogP contribution in [0.5, 0.6) is 0 Å². The summed E-state index contributed by atoms with van der Waals surface area (Å²) in [6.07, 6.45) is 12.7. The molecule has 5 heteroatoms. The van der Waals surface area contributed by atoms with Gasteiger partial charge in [-0.3, -0.25) is 4.79 Å². The fourth-order valence-corrected chi connectivity index (χ4v) is 3.58. The van der Waals surface area contributed by atoms with Gasteiger partial charge in [-0.1, -0.05) is 50.5 Å². The molecule has 0 radical (unpaired) electrons. The van der Waals surface area contributed by atoms with Crippen molar-refractivity contribution in [3.8, 4) is 0 Å². The summed E-state index contributed by atoms with van der Waals surface area (Å²) in [6, 6.07) is 0. The summed E-state index contributed by atoms with van der Waals surface area (Å²) >= 11 is 0. The summed E-state index contributed by atoms with van der Waals surface area (Å²) in [5.41, 5.74) is -0.889. The molecule has 5 atom stereocenters. The lowest BCUT2D eigenvalue weighted by Gasteiger charge is -2.23. The Kier molecular flexibility index (Phi) is 10.1. The molecule has 1 rings (SSSR count). The predicted octanol–water partition coefficient (Wildman–Crippen LogP) is 3.43. The monoisotopic (exact) mass is 368 g/mol. The van der Waals surface area contributed by atoms with Gasteiger partial charge in [-0.05, 0) is 38.5 Å². The standard InChI is InChI=1S/C21H36O5/c1-3-4-9-13-21(2,26)14-12-17-16(18(22)15-19(17)23)10-7-5-6-8-11-20(24)25/h5,7,12,14,16-19,22-23,26H,3-4,6,8-11,13,15H2,1-2H3,(H,24,25)/b7-5-,14-12+/t16-,17?,18+,19-,21-/m1/s1. The molecule has 150 valence electrons. The van der Waals surface area contributed by atoms with Crippen molar-refractivity contribution in [1.29, 1.82) is 0 Å². The number of aliphatic hydroxyl groups excluding tert-OH is 2. The molecule has 26 heavy (non-hydrogen) atoms. The number of rotatable bonds is 12. The van der Waals surface area contributed by atoms with E-state index in [1.807, 2.05) is 18.2 Å². The lowest BCUT2D eigenvalue weighted by Crippen LogP contribution is -2.24. The third-order valence-electron chi connectivity index (χ3n) is 5.22. The van der Waals surface area contributed by atoms with E-state index in [0.29, 0.717) is 32.1 Å². The summed E-state index contributed by atoms with van der Waals surface area (Å²) < 4.78 is 0. The molecule has 5 nitrogen and oxygen atoms in total. The lowest BCUT2D eigenvalue weighted by molar-refractivity contribution is -0.137. The molecule has 0 spiro atoms. The Morgan fingerprint density at radius 3 is 2.54 bits per heavy atom. The summed E-state index contributed by atoms with van der Waals surface area (Å²) in [5, 5.41) is 39.6. The van der Waals surface area contributed by atoms with E-state index < -0.39 is 23.8 Å². The molecule has 1 aliphatic carbocycles. The Morgan fingerprint density at radius 1 is 1.15 bits per heavy atom. The zero-order valence-electron chi connectivity index (χ0n) is 16.2. The molecular formula is C21H36O5. The first-order chi connectivity index (χ1) is 12.3. The third kappa shape index (κ3) is 8.47. The van der Waals surface area contributed by atoms with E-state index in [9.17, 15) is 20.1 Å². The summed E-state index contributed by atoms with van der Waals surface area (Å²) in [5.74, 6) is -1.04. The molecule has 0 amide bonds. The number of allylic oxidation sites excluding steroid dienone is 2. The number of carboxylic acids is 1. The highest BCUT2D eigenvalue weighted by molar-refractivity contribution is 5.66. The second kappa shape index (κ2) is 11.5. The molecule has 0 aromatic rings. The minimum atomic E-state index is -0.889. The Morgan fingerprint density at radius 2 is 1.88 bits per heavy atom. The first kappa shape index (κ1) is 22.9. The van der Waals surface area contributed by atoms with Gasteiger partial charge in [-0.2, -0.15) is 0 Å². The van der Waals surface area contributed by atoms with Gasteiger partial charge in [-0.25, -0.2) is 0 Å². The minimum absolute atomic E-state index is 0.0802. The van der Waals surface area contributed by atoms with Crippen LogP contribution in [0.3, 0.4) is 0 Å².